The van der Waals surface area contributed by atoms with E-state index in [1.165, 1.54) is 23.3 Å². The third-order valence-electron chi connectivity index (χ3n) is 6.50. The predicted molar refractivity (Wildman–Crippen MR) is 123 cm³/mol. The molecule has 2 atom stereocenters. The Hall–Kier alpha value is -2.77. The fourth-order valence-corrected chi connectivity index (χ4v) is 4.63. The van der Waals surface area contributed by atoms with Gasteiger partial charge in [-0.1, -0.05) is 30.3 Å². The van der Waals surface area contributed by atoms with Crippen molar-refractivity contribution < 1.29 is 14.0 Å². The number of aryl methyl sites for hydroxylation is 1. The zero-order valence-corrected chi connectivity index (χ0v) is 18.5. The lowest BCUT2D eigenvalue weighted by atomic mass is 9.88. The largest absolute Gasteiger partial charge is 0.348 e. The molecule has 0 spiro atoms. The molecule has 0 radical (unpaired) electrons. The summed E-state index contributed by atoms with van der Waals surface area (Å²) in [7, 11) is 0. The van der Waals surface area contributed by atoms with Crippen molar-refractivity contribution in [3.8, 4) is 0 Å². The Morgan fingerprint density at radius 1 is 1.09 bits per heavy atom. The molecular weight excluding hydrogens is 407 g/mol. The molecule has 2 aliphatic rings. The Bertz CT molecular complexity index is 958. The number of nitrogens with one attached hydrogen (secondary N) is 2. The molecule has 0 aromatic heterocycles. The first kappa shape index (κ1) is 22.4. The van der Waals surface area contributed by atoms with Crippen molar-refractivity contribution in [2.45, 2.75) is 38.3 Å². The van der Waals surface area contributed by atoms with Gasteiger partial charge in [0.2, 0.25) is 11.8 Å². The van der Waals surface area contributed by atoms with E-state index in [9.17, 15) is 14.0 Å². The van der Waals surface area contributed by atoms with E-state index in [1.54, 1.807) is 12.1 Å². The molecule has 1 aliphatic heterocycles. The number of hydrogen-bond donors (Lipinski definition) is 2. The summed E-state index contributed by atoms with van der Waals surface area (Å²) in [6.45, 7) is 5.10. The second kappa shape index (κ2) is 10.2. The molecule has 2 aromatic carbocycles. The lowest BCUT2D eigenvalue weighted by Crippen LogP contribution is -2.54. The highest BCUT2D eigenvalue weighted by Crippen LogP contribution is 2.29. The molecule has 2 N–H and O–H groups in total. The van der Waals surface area contributed by atoms with Crippen LogP contribution in [0.25, 0.3) is 0 Å². The molecule has 4 rings (SSSR count). The topological polar surface area (TPSA) is 64.7 Å². The lowest BCUT2D eigenvalue weighted by Gasteiger charge is -2.37. The molecule has 0 bridgehead atoms. The van der Waals surface area contributed by atoms with Gasteiger partial charge in [-0.2, -0.15) is 0 Å². The van der Waals surface area contributed by atoms with Gasteiger partial charge in [-0.3, -0.25) is 19.4 Å². The average molecular weight is 439 g/mol. The van der Waals surface area contributed by atoms with Gasteiger partial charge in [-0.15, -0.1) is 0 Å². The van der Waals surface area contributed by atoms with E-state index in [2.05, 4.69) is 38.6 Å². The molecular formula is C25H31FN4O2. The standard InChI is InChI=1S/C25H31FN4O2/c1-18(25(32)27-21-9-5-8-20(26)16-21)30-14-12-29(13-15-30)17-24(31)28-23-11-4-7-19-6-2-3-10-22(19)23/h2-3,5-6,8-10,16,18,23H,4,7,11-15,17H2,1H3,(H,27,32)(H,28,31). The monoisotopic (exact) mass is 438 g/mol. The number of anilines is 1. The van der Waals surface area contributed by atoms with Gasteiger partial charge in [0.05, 0.1) is 18.6 Å². The van der Waals surface area contributed by atoms with E-state index >= 15 is 0 Å². The molecule has 2 amide bonds. The summed E-state index contributed by atoms with van der Waals surface area (Å²) in [5, 5.41) is 6.00. The number of rotatable bonds is 6. The van der Waals surface area contributed by atoms with Crippen LogP contribution < -0.4 is 10.6 Å². The van der Waals surface area contributed by atoms with E-state index in [4.69, 9.17) is 0 Å². The van der Waals surface area contributed by atoms with Crippen molar-refractivity contribution in [1.82, 2.24) is 15.1 Å². The van der Waals surface area contributed by atoms with E-state index in [1.807, 2.05) is 13.0 Å². The number of nitrogens with zero attached hydrogens (tertiary/aromatic N) is 2. The minimum absolute atomic E-state index is 0.0528. The number of piperazine rings is 1. The number of carbonyl (C=O) groups excluding carboxylic acids is 2. The maximum atomic E-state index is 13.3. The molecule has 1 heterocycles. The maximum Gasteiger partial charge on any atom is 0.241 e. The zero-order chi connectivity index (χ0) is 22.5. The number of halogens is 1. The Morgan fingerprint density at radius 2 is 1.88 bits per heavy atom. The van der Waals surface area contributed by atoms with Gasteiger partial charge in [0.25, 0.3) is 0 Å². The van der Waals surface area contributed by atoms with Gasteiger partial charge in [-0.25, -0.2) is 4.39 Å². The molecule has 2 unspecified atom stereocenters. The van der Waals surface area contributed by atoms with Crippen LogP contribution in [0.4, 0.5) is 10.1 Å². The normalized spacial score (nSPS) is 20.2. The highest BCUT2D eigenvalue weighted by atomic mass is 19.1. The number of benzene rings is 2. The fourth-order valence-electron chi connectivity index (χ4n) is 4.63. The molecule has 170 valence electrons. The summed E-state index contributed by atoms with van der Waals surface area (Å²) in [4.78, 5) is 29.5. The first-order valence-electron chi connectivity index (χ1n) is 11.4. The number of amides is 2. The molecule has 6 nitrogen and oxygen atoms in total. The van der Waals surface area contributed by atoms with E-state index < -0.39 is 0 Å². The van der Waals surface area contributed by atoms with Gasteiger partial charge in [-0.05, 0) is 55.5 Å². The van der Waals surface area contributed by atoms with E-state index in [0.29, 0.717) is 25.3 Å². The van der Waals surface area contributed by atoms with Gasteiger partial charge < -0.3 is 10.6 Å². The van der Waals surface area contributed by atoms with Crippen LogP contribution in [-0.4, -0.2) is 60.4 Å². The summed E-state index contributed by atoms with van der Waals surface area (Å²) in [5.74, 6) is -0.478. The quantitative estimate of drug-likeness (QED) is 0.728. The van der Waals surface area contributed by atoms with Crippen LogP contribution >= 0.6 is 0 Å². The minimum atomic E-state index is -0.376. The van der Waals surface area contributed by atoms with Crippen molar-refractivity contribution in [1.29, 1.82) is 0 Å². The second-order valence-electron chi connectivity index (χ2n) is 8.70. The van der Waals surface area contributed by atoms with Crippen LogP contribution in [0, 0.1) is 5.82 Å². The van der Waals surface area contributed by atoms with Gasteiger partial charge in [0, 0.05) is 31.9 Å². The first-order chi connectivity index (χ1) is 15.5. The first-order valence-corrected chi connectivity index (χ1v) is 11.4. The number of carbonyl (C=O) groups is 2. The van der Waals surface area contributed by atoms with Gasteiger partial charge in [0.15, 0.2) is 0 Å². The SMILES string of the molecule is CC(C(=O)Nc1cccc(F)c1)N1CCN(CC(=O)NC2CCCc3ccccc32)CC1. The third-order valence-corrected chi connectivity index (χ3v) is 6.50. The number of hydrogen-bond acceptors (Lipinski definition) is 4. The van der Waals surface area contributed by atoms with Gasteiger partial charge >= 0.3 is 0 Å². The minimum Gasteiger partial charge on any atom is -0.348 e. The molecule has 1 fully saturated rings. The highest BCUT2D eigenvalue weighted by molar-refractivity contribution is 5.94. The Labute approximate surface area is 188 Å². The average Bonchev–Trinajstić information content (AvgIpc) is 2.79. The third kappa shape index (κ3) is 5.53. The van der Waals surface area contributed by atoms with E-state index in [-0.39, 0.29) is 29.7 Å². The van der Waals surface area contributed by atoms with Crippen LogP contribution in [0.1, 0.15) is 36.9 Å². The van der Waals surface area contributed by atoms with Crippen LogP contribution in [0.3, 0.4) is 0 Å². The van der Waals surface area contributed by atoms with Crippen molar-refractivity contribution in [2.75, 3.05) is 38.0 Å². The molecule has 7 heteroatoms. The Morgan fingerprint density at radius 3 is 2.66 bits per heavy atom. The fraction of sp³-hybridized carbons (Fsp3) is 0.440. The second-order valence-corrected chi connectivity index (χ2v) is 8.70. The Kier molecular flexibility index (Phi) is 7.17. The van der Waals surface area contributed by atoms with E-state index in [0.717, 1.165) is 32.4 Å². The molecule has 1 aliphatic carbocycles. The van der Waals surface area contributed by atoms with Crippen LogP contribution in [0.2, 0.25) is 0 Å². The summed E-state index contributed by atoms with van der Waals surface area (Å²) < 4.78 is 13.3. The zero-order valence-electron chi connectivity index (χ0n) is 18.5. The maximum absolute atomic E-state index is 13.3. The van der Waals surface area contributed by atoms with Crippen LogP contribution in [-0.2, 0) is 16.0 Å². The van der Waals surface area contributed by atoms with Crippen molar-refractivity contribution >= 4 is 17.5 Å². The van der Waals surface area contributed by atoms with Crippen molar-refractivity contribution in [2.24, 2.45) is 0 Å². The Balaban J connectivity index is 1.23. The smallest absolute Gasteiger partial charge is 0.241 e. The predicted octanol–water partition coefficient (Wildman–Crippen LogP) is 2.96. The lowest BCUT2D eigenvalue weighted by molar-refractivity contribution is -0.125. The van der Waals surface area contributed by atoms with Crippen LogP contribution in [0.15, 0.2) is 48.5 Å². The van der Waals surface area contributed by atoms with Crippen molar-refractivity contribution in [3.05, 3.63) is 65.5 Å². The van der Waals surface area contributed by atoms with Crippen molar-refractivity contribution in [3.63, 3.8) is 0 Å². The summed E-state index contributed by atoms with van der Waals surface area (Å²) in [6, 6.07) is 14.0. The molecule has 0 saturated carbocycles. The van der Waals surface area contributed by atoms with Crippen LogP contribution in [0.5, 0.6) is 0 Å². The summed E-state index contributed by atoms with van der Waals surface area (Å²) in [5.41, 5.74) is 3.04. The molecule has 32 heavy (non-hydrogen) atoms. The highest BCUT2D eigenvalue weighted by Gasteiger charge is 2.27. The molecule has 2 aromatic rings. The number of fused-ring (bicyclic) bond motifs is 1. The summed E-state index contributed by atoms with van der Waals surface area (Å²) in [6.07, 6.45) is 3.15. The summed E-state index contributed by atoms with van der Waals surface area (Å²) >= 11 is 0. The molecule has 1 saturated heterocycles. The van der Waals surface area contributed by atoms with Gasteiger partial charge in [0.1, 0.15) is 5.82 Å².